The maximum atomic E-state index is 12.5. The molecule has 8 heteroatoms. The highest BCUT2D eigenvalue weighted by atomic mass is 32.2. The van der Waals surface area contributed by atoms with Gasteiger partial charge in [0.05, 0.1) is 5.56 Å². The molecule has 0 unspecified atom stereocenters. The summed E-state index contributed by atoms with van der Waals surface area (Å²) in [5.74, 6) is -1.50. The highest BCUT2D eigenvalue weighted by Gasteiger charge is 2.19. The van der Waals surface area contributed by atoms with Gasteiger partial charge in [-0.3, -0.25) is 9.59 Å². The Bertz CT molecular complexity index is 901. The summed E-state index contributed by atoms with van der Waals surface area (Å²) in [6, 6.07) is 8.54. The Balaban J connectivity index is 2.00. The molecular formula is C21H25N3O4S. The van der Waals surface area contributed by atoms with Crippen LogP contribution >= 0.6 is 11.8 Å². The molecule has 2 amide bonds. The molecule has 1 aromatic carbocycles. The lowest BCUT2D eigenvalue weighted by Gasteiger charge is -2.13. The van der Waals surface area contributed by atoms with Crippen molar-refractivity contribution in [1.29, 1.82) is 0 Å². The molecule has 0 aliphatic heterocycles. The Morgan fingerprint density at radius 2 is 1.93 bits per heavy atom. The quantitative estimate of drug-likeness (QED) is 0.644. The number of carbonyl (C=O) groups excluding carboxylic acids is 3. The van der Waals surface area contributed by atoms with Gasteiger partial charge in [0.25, 0.3) is 5.91 Å². The Labute approximate surface area is 174 Å². The number of aromatic nitrogens is 1. The molecule has 2 aromatic rings. The number of nitrogens with zero attached hydrogens (tertiary/aromatic N) is 1. The molecule has 1 aromatic heterocycles. The molecule has 7 nitrogen and oxygen atoms in total. The summed E-state index contributed by atoms with van der Waals surface area (Å²) in [5, 5.41) is 5.59. The molecule has 0 saturated heterocycles. The Morgan fingerprint density at radius 3 is 2.62 bits per heavy atom. The van der Waals surface area contributed by atoms with Gasteiger partial charge in [0.2, 0.25) is 5.91 Å². The number of esters is 1. The van der Waals surface area contributed by atoms with Gasteiger partial charge in [0.15, 0.2) is 6.61 Å². The van der Waals surface area contributed by atoms with Gasteiger partial charge >= 0.3 is 5.97 Å². The van der Waals surface area contributed by atoms with Crippen molar-refractivity contribution in [1.82, 2.24) is 15.6 Å². The van der Waals surface area contributed by atoms with Crippen LogP contribution in [0, 0.1) is 13.8 Å². The molecule has 0 radical (unpaired) electrons. The third-order valence-corrected chi connectivity index (χ3v) is 5.15. The van der Waals surface area contributed by atoms with Crippen LogP contribution in [0.25, 0.3) is 0 Å². The van der Waals surface area contributed by atoms with Crippen LogP contribution in [0.1, 0.15) is 35.3 Å². The minimum Gasteiger partial charge on any atom is -0.452 e. The molecule has 154 valence electrons. The SMILES string of the molecule is CCNC(=O)[C@H](C)NC(=O)COC(=O)c1cccnc1Sc1ccc(C)c(C)c1. The zero-order valence-corrected chi connectivity index (χ0v) is 17.8. The first-order chi connectivity index (χ1) is 13.8. The van der Waals surface area contributed by atoms with E-state index in [9.17, 15) is 14.4 Å². The highest BCUT2D eigenvalue weighted by molar-refractivity contribution is 7.99. The number of ether oxygens (including phenoxy) is 1. The Morgan fingerprint density at radius 1 is 1.17 bits per heavy atom. The molecule has 0 aliphatic carbocycles. The molecule has 2 N–H and O–H groups in total. The van der Waals surface area contributed by atoms with E-state index in [0.29, 0.717) is 11.6 Å². The molecule has 29 heavy (non-hydrogen) atoms. The van der Waals surface area contributed by atoms with Gasteiger partial charge in [0.1, 0.15) is 11.1 Å². The number of hydrogen-bond acceptors (Lipinski definition) is 6. The van der Waals surface area contributed by atoms with Gasteiger partial charge in [-0.1, -0.05) is 17.8 Å². The van der Waals surface area contributed by atoms with Crippen LogP contribution in [0.3, 0.4) is 0 Å². The first kappa shape index (κ1) is 22.4. The lowest BCUT2D eigenvalue weighted by atomic mass is 10.1. The van der Waals surface area contributed by atoms with Crippen molar-refractivity contribution >= 4 is 29.5 Å². The smallest absolute Gasteiger partial charge is 0.341 e. The molecule has 0 fully saturated rings. The zero-order chi connectivity index (χ0) is 21.4. The molecular weight excluding hydrogens is 390 g/mol. The van der Waals surface area contributed by atoms with Crippen LogP contribution in [0.4, 0.5) is 0 Å². The summed E-state index contributed by atoms with van der Waals surface area (Å²) in [6.45, 7) is 7.39. The average Bonchev–Trinajstić information content (AvgIpc) is 2.69. The lowest BCUT2D eigenvalue weighted by molar-refractivity contribution is -0.130. The van der Waals surface area contributed by atoms with Gasteiger partial charge in [-0.25, -0.2) is 9.78 Å². The molecule has 0 bridgehead atoms. The predicted molar refractivity (Wildman–Crippen MR) is 111 cm³/mol. The van der Waals surface area contributed by atoms with Crippen LogP contribution in [0.2, 0.25) is 0 Å². The zero-order valence-electron chi connectivity index (χ0n) is 16.9. The molecule has 0 saturated carbocycles. The average molecular weight is 416 g/mol. The summed E-state index contributed by atoms with van der Waals surface area (Å²) >= 11 is 1.35. The summed E-state index contributed by atoms with van der Waals surface area (Å²) in [6.07, 6.45) is 1.60. The van der Waals surface area contributed by atoms with Crippen molar-refractivity contribution in [3.8, 4) is 0 Å². The van der Waals surface area contributed by atoms with Crippen LogP contribution in [-0.2, 0) is 14.3 Å². The van der Waals surface area contributed by atoms with Crippen molar-refractivity contribution in [3.05, 3.63) is 53.2 Å². The summed E-state index contributed by atoms with van der Waals surface area (Å²) < 4.78 is 5.12. The number of nitrogens with one attached hydrogen (secondary N) is 2. The van der Waals surface area contributed by atoms with E-state index in [4.69, 9.17) is 4.74 Å². The minimum atomic E-state index is -0.713. The minimum absolute atomic E-state index is 0.278. The number of hydrogen-bond donors (Lipinski definition) is 2. The second-order valence-corrected chi connectivity index (χ2v) is 7.53. The number of rotatable bonds is 8. The molecule has 2 rings (SSSR count). The van der Waals surface area contributed by atoms with Gasteiger partial charge in [0, 0.05) is 17.6 Å². The predicted octanol–water partition coefficient (Wildman–Crippen LogP) is 2.65. The van der Waals surface area contributed by atoms with Crippen LogP contribution in [0.15, 0.2) is 46.5 Å². The maximum Gasteiger partial charge on any atom is 0.341 e. The second-order valence-electron chi connectivity index (χ2n) is 6.46. The number of benzene rings is 1. The van der Waals surface area contributed by atoms with Crippen molar-refractivity contribution in [3.63, 3.8) is 0 Å². The van der Waals surface area contributed by atoms with Gasteiger partial charge in [-0.15, -0.1) is 0 Å². The van der Waals surface area contributed by atoms with E-state index < -0.39 is 24.5 Å². The van der Waals surface area contributed by atoms with Crippen molar-refractivity contribution in [2.24, 2.45) is 0 Å². The van der Waals surface area contributed by atoms with E-state index in [2.05, 4.69) is 15.6 Å². The van der Waals surface area contributed by atoms with E-state index in [0.717, 1.165) is 10.5 Å². The number of aryl methyl sites for hydroxylation is 2. The summed E-state index contributed by atoms with van der Waals surface area (Å²) in [4.78, 5) is 41.3. The third-order valence-electron chi connectivity index (χ3n) is 4.14. The van der Waals surface area contributed by atoms with E-state index in [1.165, 1.54) is 17.3 Å². The van der Waals surface area contributed by atoms with Crippen LogP contribution < -0.4 is 10.6 Å². The maximum absolute atomic E-state index is 12.5. The standard InChI is InChI=1S/C21H25N3O4S/c1-5-22-19(26)15(4)24-18(25)12-28-21(27)17-7-6-10-23-20(17)29-16-9-8-13(2)14(3)11-16/h6-11,15H,5,12H2,1-4H3,(H,22,26)(H,24,25)/t15-/m0/s1. The first-order valence-electron chi connectivity index (χ1n) is 9.26. The normalized spacial score (nSPS) is 11.4. The number of pyridine rings is 1. The summed E-state index contributed by atoms with van der Waals surface area (Å²) in [5.41, 5.74) is 2.61. The number of amides is 2. The van der Waals surface area contributed by atoms with E-state index in [1.54, 1.807) is 32.2 Å². The summed E-state index contributed by atoms with van der Waals surface area (Å²) in [7, 11) is 0. The van der Waals surface area contributed by atoms with Gasteiger partial charge < -0.3 is 15.4 Å². The van der Waals surface area contributed by atoms with Gasteiger partial charge in [-0.2, -0.15) is 0 Å². The largest absolute Gasteiger partial charge is 0.452 e. The van der Waals surface area contributed by atoms with E-state index >= 15 is 0 Å². The Kier molecular flexibility index (Phi) is 8.21. The fourth-order valence-electron chi connectivity index (χ4n) is 2.40. The van der Waals surface area contributed by atoms with Crippen molar-refractivity contribution < 1.29 is 19.1 Å². The third kappa shape index (κ3) is 6.60. The second kappa shape index (κ2) is 10.6. The topological polar surface area (TPSA) is 97.4 Å². The van der Waals surface area contributed by atoms with Crippen LogP contribution in [-0.4, -0.2) is 42.0 Å². The molecule has 0 aliphatic rings. The molecule has 1 atom stereocenters. The fraction of sp³-hybridized carbons (Fsp3) is 0.333. The first-order valence-corrected chi connectivity index (χ1v) is 10.1. The van der Waals surface area contributed by atoms with Gasteiger partial charge in [-0.05, 0) is 63.1 Å². The molecule has 0 spiro atoms. The Hall–Kier alpha value is -2.87. The monoisotopic (exact) mass is 415 g/mol. The number of likely N-dealkylation sites (N-methyl/N-ethyl adjacent to an activating group) is 1. The lowest BCUT2D eigenvalue weighted by Crippen LogP contribution is -2.46. The van der Waals surface area contributed by atoms with Crippen molar-refractivity contribution in [2.45, 2.75) is 43.7 Å². The fourth-order valence-corrected chi connectivity index (χ4v) is 3.37. The van der Waals surface area contributed by atoms with Crippen molar-refractivity contribution in [2.75, 3.05) is 13.2 Å². The molecule has 1 heterocycles. The van der Waals surface area contributed by atoms with E-state index in [1.807, 2.05) is 32.0 Å². The van der Waals surface area contributed by atoms with E-state index in [-0.39, 0.29) is 11.5 Å². The number of carbonyl (C=O) groups is 3. The van der Waals surface area contributed by atoms with Crippen LogP contribution in [0.5, 0.6) is 0 Å². The highest BCUT2D eigenvalue weighted by Crippen LogP contribution is 2.30.